The van der Waals surface area contributed by atoms with Crippen LogP contribution in [0.2, 0.25) is 0 Å². The fraction of sp³-hybridized carbons (Fsp3) is 1.00. The van der Waals surface area contributed by atoms with Crippen LogP contribution in [-0.4, -0.2) is 74.3 Å². The first kappa shape index (κ1) is 17.8. The zero-order valence-electron chi connectivity index (χ0n) is 13.1. The Morgan fingerprint density at radius 3 is 2.20 bits per heavy atom. The average molecular weight is 306 g/mol. The molecule has 2 N–H and O–H groups in total. The standard InChI is InChI=1S/C13H30N4O2S/c1-13(2)15(3)20(18,19)17-11-9-16(10-12-17)8-6-4-5-7-14/h13H,4-12,14H2,1-3H3. The van der Waals surface area contributed by atoms with Crippen LogP contribution in [0.5, 0.6) is 0 Å². The minimum Gasteiger partial charge on any atom is -0.330 e. The van der Waals surface area contributed by atoms with Gasteiger partial charge in [0.1, 0.15) is 0 Å². The Labute approximate surface area is 124 Å². The summed E-state index contributed by atoms with van der Waals surface area (Å²) in [6.45, 7) is 8.44. The van der Waals surface area contributed by atoms with Gasteiger partial charge in [-0.3, -0.25) is 0 Å². The molecule has 6 nitrogen and oxygen atoms in total. The van der Waals surface area contributed by atoms with E-state index in [1.807, 2.05) is 13.8 Å². The topological polar surface area (TPSA) is 69.9 Å². The van der Waals surface area contributed by atoms with Crippen LogP contribution in [-0.2, 0) is 10.2 Å². The number of nitrogens with zero attached hydrogens (tertiary/aromatic N) is 3. The second-order valence-electron chi connectivity index (χ2n) is 5.71. The lowest BCUT2D eigenvalue weighted by molar-refractivity contribution is 0.178. The van der Waals surface area contributed by atoms with Crippen molar-refractivity contribution >= 4 is 10.2 Å². The van der Waals surface area contributed by atoms with E-state index in [9.17, 15) is 8.42 Å². The summed E-state index contributed by atoms with van der Waals surface area (Å²) in [7, 11) is -1.64. The molecular weight excluding hydrogens is 276 g/mol. The van der Waals surface area contributed by atoms with Crippen molar-refractivity contribution < 1.29 is 8.42 Å². The smallest absolute Gasteiger partial charge is 0.282 e. The molecule has 0 aromatic heterocycles. The quantitative estimate of drug-likeness (QED) is 0.656. The molecule has 0 aromatic rings. The summed E-state index contributed by atoms with van der Waals surface area (Å²) in [6, 6.07) is -0.00528. The molecule has 0 saturated carbocycles. The number of rotatable bonds is 8. The van der Waals surface area contributed by atoms with Gasteiger partial charge in [-0.2, -0.15) is 17.0 Å². The third kappa shape index (κ3) is 4.96. The molecule has 1 saturated heterocycles. The molecular formula is C13H30N4O2S. The van der Waals surface area contributed by atoms with Gasteiger partial charge in [-0.15, -0.1) is 0 Å². The zero-order valence-corrected chi connectivity index (χ0v) is 13.9. The van der Waals surface area contributed by atoms with Crippen LogP contribution >= 0.6 is 0 Å². The van der Waals surface area contributed by atoms with Gasteiger partial charge in [0.15, 0.2) is 0 Å². The second-order valence-corrected chi connectivity index (χ2v) is 7.70. The van der Waals surface area contributed by atoms with Crippen molar-refractivity contribution in [3.05, 3.63) is 0 Å². The summed E-state index contributed by atoms with van der Waals surface area (Å²) < 4.78 is 27.8. The van der Waals surface area contributed by atoms with E-state index >= 15 is 0 Å². The summed E-state index contributed by atoms with van der Waals surface area (Å²) in [6.07, 6.45) is 3.38. The minimum atomic E-state index is -3.29. The molecule has 0 aliphatic carbocycles. The maximum Gasteiger partial charge on any atom is 0.282 e. The van der Waals surface area contributed by atoms with Crippen LogP contribution in [0, 0.1) is 0 Å². The maximum atomic E-state index is 12.4. The summed E-state index contributed by atoms with van der Waals surface area (Å²) in [5.74, 6) is 0. The van der Waals surface area contributed by atoms with Crippen LogP contribution in [0.15, 0.2) is 0 Å². The Morgan fingerprint density at radius 2 is 1.70 bits per heavy atom. The van der Waals surface area contributed by atoms with Gasteiger partial charge in [0, 0.05) is 39.3 Å². The predicted octanol–water partition coefficient (Wildman–Crippen LogP) is 0.318. The first-order valence-corrected chi connectivity index (χ1v) is 8.94. The molecule has 20 heavy (non-hydrogen) atoms. The third-order valence-electron chi connectivity index (χ3n) is 3.93. The van der Waals surface area contributed by atoms with E-state index < -0.39 is 10.2 Å². The van der Waals surface area contributed by atoms with Gasteiger partial charge in [0.25, 0.3) is 10.2 Å². The van der Waals surface area contributed by atoms with Crippen LogP contribution in [0.4, 0.5) is 0 Å². The largest absolute Gasteiger partial charge is 0.330 e. The Kier molecular flexibility index (Phi) is 7.39. The molecule has 120 valence electrons. The summed E-state index contributed by atoms with van der Waals surface area (Å²) >= 11 is 0. The Morgan fingerprint density at radius 1 is 1.10 bits per heavy atom. The molecule has 1 heterocycles. The monoisotopic (exact) mass is 306 g/mol. The van der Waals surface area contributed by atoms with Crippen molar-refractivity contribution in [1.82, 2.24) is 13.5 Å². The van der Waals surface area contributed by atoms with Crippen molar-refractivity contribution in [2.75, 3.05) is 46.3 Å². The normalized spacial score (nSPS) is 19.1. The molecule has 1 rings (SSSR count). The minimum absolute atomic E-state index is 0.00528. The van der Waals surface area contributed by atoms with Crippen molar-refractivity contribution in [2.24, 2.45) is 5.73 Å². The van der Waals surface area contributed by atoms with E-state index in [1.54, 1.807) is 11.4 Å². The van der Waals surface area contributed by atoms with E-state index in [0.29, 0.717) is 13.1 Å². The molecule has 1 aliphatic heterocycles. The predicted molar refractivity (Wildman–Crippen MR) is 82.7 cm³/mol. The summed E-state index contributed by atoms with van der Waals surface area (Å²) in [4.78, 5) is 2.35. The highest BCUT2D eigenvalue weighted by Crippen LogP contribution is 2.13. The van der Waals surface area contributed by atoms with E-state index in [0.717, 1.165) is 45.4 Å². The van der Waals surface area contributed by atoms with Crippen molar-refractivity contribution in [1.29, 1.82) is 0 Å². The van der Waals surface area contributed by atoms with Gasteiger partial charge >= 0.3 is 0 Å². The summed E-state index contributed by atoms with van der Waals surface area (Å²) in [5.41, 5.74) is 5.47. The molecule has 0 spiro atoms. The Balaban J connectivity index is 2.38. The molecule has 0 unspecified atom stereocenters. The van der Waals surface area contributed by atoms with E-state index in [2.05, 4.69) is 4.90 Å². The highest BCUT2D eigenvalue weighted by atomic mass is 32.2. The lowest BCUT2D eigenvalue weighted by Crippen LogP contribution is -2.53. The fourth-order valence-electron chi connectivity index (χ4n) is 2.29. The van der Waals surface area contributed by atoms with Gasteiger partial charge < -0.3 is 10.6 Å². The number of piperazine rings is 1. The molecule has 0 atom stereocenters. The zero-order chi connectivity index (χ0) is 15.2. The van der Waals surface area contributed by atoms with Crippen LogP contribution in [0.3, 0.4) is 0 Å². The lowest BCUT2D eigenvalue weighted by atomic mass is 10.2. The Hall–Kier alpha value is -0.210. The maximum absolute atomic E-state index is 12.4. The van der Waals surface area contributed by atoms with Crippen molar-refractivity contribution in [2.45, 2.75) is 39.2 Å². The first-order valence-electron chi connectivity index (χ1n) is 7.55. The van der Waals surface area contributed by atoms with Crippen LogP contribution < -0.4 is 5.73 Å². The van der Waals surface area contributed by atoms with E-state index in [4.69, 9.17) is 5.73 Å². The third-order valence-corrected chi connectivity index (χ3v) is 6.09. The molecule has 1 aliphatic rings. The van der Waals surface area contributed by atoms with E-state index in [1.165, 1.54) is 4.31 Å². The Bertz CT molecular complexity index is 365. The first-order chi connectivity index (χ1) is 9.39. The molecule has 0 bridgehead atoms. The number of nitrogens with two attached hydrogens (primary N) is 1. The SMILES string of the molecule is CC(C)N(C)S(=O)(=O)N1CCN(CCCCCN)CC1. The highest BCUT2D eigenvalue weighted by Gasteiger charge is 2.31. The van der Waals surface area contributed by atoms with Crippen molar-refractivity contribution in [3.8, 4) is 0 Å². The molecule has 0 aromatic carbocycles. The molecule has 1 fully saturated rings. The molecule has 0 amide bonds. The van der Waals surface area contributed by atoms with Crippen molar-refractivity contribution in [3.63, 3.8) is 0 Å². The molecule has 7 heteroatoms. The van der Waals surface area contributed by atoms with Crippen LogP contribution in [0.25, 0.3) is 0 Å². The lowest BCUT2D eigenvalue weighted by Gasteiger charge is -2.36. The number of unbranched alkanes of at least 4 members (excludes halogenated alkanes) is 2. The van der Waals surface area contributed by atoms with E-state index in [-0.39, 0.29) is 6.04 Å². The van der Waals surface area contributed by atoms with Gasteiger partial charge in [0.2, 0.25) is 0 Å². The number of hydrogen-bond donors (Lipinski definition) is 1. The summed E-state index contributed by atoms with van der Waals surface area (Å²) in [5, 5.41) is 0. The highest BCUT2D eigenvalue weighted by molar-refractivity contribution is 7.86. The number of hydrogen-bond acceptors (Lipinski definition) is 4. The van der Waals surface area contributed by atoms with Gasteiger partial charge in [-0.1, -0.05) is 6.42 Å². The second kappa shape index (κ2) is 8.29. The fourth-order valence-corrected chi connectivity index (χ4v) is 3.81. The van der Waals surface area contributed by atoms with Gasteiger partial charge in [-0.25, -0.2) is 0 Å². The van der Waals surface area contributed by atoms with Crippen LogP contribution in [0.1, 0.15) is 33.1 Å². The molecule has 0 radical (unpaired) electrons. The van der Waals surface area contributed by atoms with Gasteiger partial charge in [-0.05, 0) is 39.8 Å². The van der Waals surface area contributed by atoms with Gasteiger partial charge in [0.05, 0.1) is 0 Å². The average Bonchev–Trinajstić information content (AvgIpc) is 2.43.